The number of rotatable bonds is 12. The molecule has 2 aliphatic heterocycles. The Kier molecular flexibility index (Phi) is 9.89. The average molecular weight is 584 g/mol. The minimum absolute atomic E-state index is 0.129. The lowest BCUT2D eigenvalue weighted by Gasteiger charge is -2.43. The molecule has 1 unspecified atom stereocenters. The van der Waals surface area contributed by atoms with Crippen molar-refractivity contribution in [2.75, 3.05) is 33.3 Å². The molecular formula is C30H35F2N5O5. The fourth-order valence-electron chi connectivity index (χ4n) is 5.81. The van der Waals surface area contributed by atoms with Crippen molar-refractivity contribution < 1.29 is 32.7 Å². The number of esters is 1. The molecule has 224 valence electrons. The van der Waals surface area contributed by atoms with Gasteiger partial charge < -0.3 is 20.3 Å². The van der Waals surface area contributed by atoms with Crippen LogP contribution in [-0.4, -0.2) is 73.0 Å². The molecule has 2 heterocycles. The number of halogens is 2. The molecule has 2 aliphatic rings. The number of carbonyl (C=O) groups excluding carboxylic acids is 4. The Labute approximate surface area is 243 Å². The van der Waals surface area contributed by atoms with Gasteiger partial charge in [0.05, 0.1) is 18.2 Å². The molecule has 0 bridgehead atoms. The highest BCUT2D eigenvalue weighted by molar-refractivity contribution is 5.83. The predicted molar refractivity (Wildman–Crippen MR) is 149 cm³/mol. The third kappa shape index (κ3) is 6.13. The zero-order valence-electron chi connectivity index (χ0n) is 23.6. The van der Waals surface area contributed by atoms with Gasteiger partial charge in [-0.1, -0.05) is 43.3 Å². The van der Waals surface area contributed by atoms with E-state index in [1.807, 2.05) is 30.3 Å². The number of allylic oxidation sites excluding steroid dienone is 1. The maximum absolute atomic E-state index is 14.3. The van der Waals surface area contributed by atoms with Crippen molar-refractivity contribution in [2.45, 2.75) is 44.1 Å². The zero-order valence-corrected chi connectivity index (χ0v) is 23.6. The predicted octanol–water partition coefficient (Wildman–Crippen LogP) is 3.37. The van der Waals surface area contributed by atoms with Crippen LogP contribution < -0.4 is 10.6 Å². The van der Waals surface area contributed by atoms with Crippen molar-refractivity contribution in [2.24, 2.45) is 0 Å². The number of likely N-dealkylation sites (tertiary alicyclic amines) is 1. The molecule has 1 atom stereocenters. The highest BCUT2D eigenvalue weighted by Crippen LogP contribution is 2.37. The molecule has 12 heteroatoms. The van der Waals surface area contributed by atoms with Crippen molar-refractivity contribution >= 4 is 24.8 Å². The van der Waals surface area contributed by atoms with Gasteiger partial charge in [-0.3, -0.25) is 19.4 Å². The van der Waals surface area contributed by atoms with Gasteiger partial charge in [0.15, 0.2) is 11.6 Å². The highest BCUT2D eigenvalue weighted by Gasteiger charge is 2.44. The SMILES string of the molecule is CCC1=C(NC=O)C(c2ccc(F)c(F)c2)N(N(C=O)CCCN2CCC(C(=O)OC)(c3ccccc3)CC2)C(=O)N1. The Balaban J connectivity index is 1.49. The Bertz CT molecular complexity index is 1330. The van der Waals surface area contributed by atoms with Crippen LogP contribution in [0.1, 0.15) is 49.8 Å². The van der Waals surface area contributed by atoms with Gasteiger partial charge in [-0.15, -0.1) is 0 Å². The Morgan fingerprint density at radius 1 is 1.14 bits per heavy atom. The lowest BCUT2D eigenvalue weighted by atomic mass is 9.72. The van der Waals surface area contributed by atoms with E-state index in [1.54, 1.807) is 6.92 Å². The first-order valence-electron chi connectivity index (χ1n) is 13.9. The van der Waals surface area contributed by atoms with E-state index >= 15 is 0 Å². The molecule has 2 aromatic carbocycles. The molecule has 0 aromatic heterocycles. The number of methoxy groups -OCH3 is 1. The van der Waals surface area contributed by atoms with Crippen LogP contribution >= 0.6 is 0 Å². The van der Waals surface area contributed by atoms with E-state index < -0.39 is 29.1 Å². The second-order valence-electron chi connectivity index (χ2n) is 10.3. The number of benzene rings is 2. The number of hydrazine groups is 1. The average Bonchev–Trinajstić information content (AvgIpc) is 3.02. The van der Waals surface area contributed by atoms with E-state index in [0.29, 0.717) is 63.8 Å². The van der Waals surface area contributed by atoms with Crippen LogP contribution in [0.15, 0.2) is 59.9 Å². The number of hydrogen-bond acceptors (Lipinski definition) is 6. The summed E-state index contributed by atoms with van der Waals surface area (Å²) >= 11 is 0. The number of ether oxygens (including phenoxy) is 1. The lowest BCUT2D eigenvalue weighted by molar-refractivity contribution is -0.149. The van der Waals surface area contributed by atoms with Crippen molar-refractivity contribution in [3.05, 3.63) is 82.7 Å². The van der Waals surface area contributed by atoms with Crippen molar-refractivity contribution in [1.82, 2.24) is 25.6 Å². The van der Waals surface area contributed by atoms with E-state index in [0.717, 1.165) is 22.7 Å². The fourth-order valence-corrected chi connectivity index (χ4v) is 5.81. The first-order chi connectivity index (χ1) is 20.3. The summed E-state index contributed by atoms with van der Waals surface area (Å²) in [5, 5.41) is 7.56. The van der Waals surface area contributed by atoms with E-state index in [-0.39, 0.29) is 23.8 Å². The van der Waals surface area contributed by atoms with Crippen LogP contribution in [0.3, 0.4) is 0 Å². The number of carbonyl (C=O) groups is 4. The molecule has 2 N–H and O–H groups in total. The summed E-state index contributed by atoms with van der Waals surface area (Å²) in [7, 11) is 1.40. The number of hydrogen-bond donors (Lipinski definition) is 2. The number of urea groups is 1. The molecule has 0 spiro atoms. The molecule has 0 radical (unpaired) electrons. The lowest BCUT2D eigenvalue weighted by Crippen LogP contribution is -2.57. The third-order valence-electron chi connectivity index (χ3n) is 8.01. The molecule has 10 nitrogen and oxygen atoms in total. The van der Waals surface area contributed by atoms with Gasteiger partial charge in [0, 0.05) is 12.2 Å². The molecule has 0 aliphatic carbocycles. The number of piperidine rings is 1. The quantitative estimate of drug-likeness (QED) is 0.293. The van der Waals surface area contributed by atoms with Gasteiger partial charge in [-0.25, -0.2) is 18.6 Å². The van der Waals surface area contributed by atoms with Crippen molar-refractivity contribution in [3.8, 4) is 0 Å². The fraction of sp³-hybridized carbons (Fsp3) is 0.400. The third-order valence-corrected chi connectivity index (χ3v) is 8.01. The summed E-state index contributed by atoms with van der Waals surface area (Å²) in [5.41, 5.74) is 1.02. The van der Waals surface area contributed by atoms with Gasteiger partial charge in [0.2, 0.25) is 12.8 Å². The number of amides is 4. The van der Waals surface area contributed by atoms with E-state index in [9.17, 15) is 28.0 Å². The molecule has 0 saturated carbocycles. The van der Waals surface area contributed by atoms with Gasteiger partial charge in [-0.2, -0.15) is 0 Å². The zero-order chi connectivity index (χ0) is 30.3. The summed E-state index contributed by atoms with van der Waals surface area (Å²) in [5.74, 6) is -2.45. The molecule has 4 amide bonds. The van der Waals surface area contributed by atoms with E-state index in [1.165, 1.54) is 18.2 Å². The van der Waals surface area contributed by atoms with Crippen LogP contribution in [0.4, 0.5) is 13.6 Å². The standard InChI is InChI=1S/C30H35F2N5O5/c1-3-25-26(33-19-38)27(21-10-11-23(31)24(32)18-21)37(29(41)34-25)36(20-39)15-7-14-35-16-12-30(13-17-35,28(40)42-2)22-8-5-4-6-9-22/h4-6,8-11,18-20,27H,3,7,12-17H2,1-2H3,(H,33,38)(H,34,41). The molecular weight excluding hydrogens is 548 g/mol. The minimum Gasteiger partial charge on any atom is -0.468 e. The Morgan fingerprint density at radius 3 is 2.45 bits per heavy atom. The normalized spacial score (nSPS) is 18.7. The Morgan fingerprint density at radius 2 is 1.86 bits per heavy atom. The summed E-state index contributed by atoms with van der Waals surface area (Å²) in [4.78, 5) is 52.1. The van der Waals surface area contributed by atoms with Crippen LogP contribution in [0, 0.1) is 11.6 Å². The van der Waals surface area contributed by atoms with Gasteiger partial charge in [0.25, 0.3) is 0 Å². The monoisotopic (exact) mass is 583 g/mol. The van der Waals surface area contributed by atoms with Gasteiger partial charge in [0.1, 0.15) is 6.04 Å². The molecule has 1 saturated heterocycles. The first kappa shape index (κ1) is 30.6. The summed E-state index contributed by atoms with van der Waals surface area (Å²) in [6.07, 6.45) is 2.87. The summed E-state index contributed by atoms with van der Waals surface area (Å²) < 4.78 is 33.2. The van der Waals surface area contributed by atoms with Crippen LogP contribution in [0.25, 0.3) is 0 Å². The van der Waals surface area contributed by atoms with Crippen molar-refractivity contribution in [1.29, 1.82) is 0 Å². The summed E-state index contributed by atoms with van der Waals surface area (Å²) in [6, 6.07) is 11.0. The van der Waals surface area contributed by atoms with Crippen LogP contribution in [0.2, 0.25) is 0 Å². The minimum atomic E-state index is -1.12. The molecule has 42 heavy (non-hydrogen) atoms. The topological polar surface area (TPSA) is 111 Å². The van der Waals surface area contributed by atoms with Crippen LogP contribution in [0.5, 0.6) is 0 Å². The van der Waals surface area contributed by atoms with E-state index in [4.69, 9.17) is 4.74 Å². The maximum Gasteiger partial charge on any atom is 0.341 e. The van der Waals surface area contributed by atoms with Crippen LogP contribution in [-0.2, 0) is 24.5 Å². The van der Waals surface area contributed by atoms with E-state index in [2.05, 4.69) is 15.5 Å². The molecule has 2 aromatic rings. The second-order valence-corrected chi connectivity index (χ2v) is 10.3. The summed E-state index contributed by atoms with van der Waals surface area (Å²) in [6.45, 7) is 3.73. The van der Waals surface area contributed by atoms with Gasteiger partial charge >= 0.3 is 12.0 Å². The number of nitrogens with one attached hydrogen (secondary N) is 2. The maximum atomic E-state index is 14.3. The molecule has 1 fully saturated rings. The Hall–Kier alpha value is -4.32. The smallest absolute Gasteiger partial charge is 0.341 e. The largest absolute Gasteiger partial charge is 0.468 e. The molecule has 4 rings (SSSR count). The van der Waals surface area contributed by atoms with Gasteiger partial charge in [-0.05, 0) is 68.6 Å². The number of nitrogens with zero attached hydrogens (tertiary/aromatic N) is 3. The van der Waals surface area contributed by atoms with Crippen molar-refractivity contribution in [3.63, 3.8) is 0 Å². The first-order valence-corrected chi connectivity index (χ1v) is 13.9. The highest BCUT2D eigenvalue weighted by atomic mass is 19.2. The second kappa shape index (κ2) is 13.6.